The molecule has 1 fully saturated rings. The first-order valence-corrected chi connectivity index (χ1v) is 8.20. The molecule has 1 amide bonds. The van der Waals surface area contributed by atoms with Crippen LogP contribution in [0.25, 0.3) is 0 Å². The molecule has 1 aliphatic heterocycles. The van der Waals surface area contributed by atoms with Gasteiger partial charge in [0, 0.05) is 36.0 Å². The van der Waals surface area contributed by atoms with Crippen molar-refractivity contribution in [2.45, 2.75) is 0 Å². The fourth-order valence-electron chi connectivity index (χ4n) is 2.02. The zero-order valence-electron chi connectivity index (χ0n) is 9.95. The van der Waals surface area contributed by atoms with Crippen LogP contribution in [0.5, 0.6) is 0 Å². The highest BCUT2D eigenvalue weighted by Gasteiger charge is 2.24. The zero-order valence-corrected chi connectivity index (χ0v) is 13.2. The van der Waals surface area contributed by atoms with E-state index in [-0.39, 0.29) is 5.91 Å². The van der Waals surface area contributed by atoms with Crippen molar-refractivity contribution in [3.63, 3.8) is 0 Å². The number of hydrogen-bond donors (Lipinski definition) is 0. The molecule has 2 aromatic heterocycles. The van der Waals surface area contributed by atoms with Crippen molar-refractivity contribution in [1.29, 1.82) is 0 Å². The van der Waals surface area contributed by atoms with Gasteiger partial charge >= 0.3 is 0 Å². The monoisotopic (exact) mass is 358 g/mol. The van der Waals surface area contributed by atoms with Gasteiger partial charge < -0.3 is 9.80 Å². The number of anilines is 1. The van der Waals surface area contributed by atoms with Gasteiger partial charge in [-0.25, -0.2) is 0 Å². The van der Waals surface area contributed by atoms with E-state index in [1.54, 1.807) is 6.20 Å². The van der Waals surface area contributed by atoms with Crippen LogP contribution in [0.2, 0.25) is 0 Å². The first-order valence-electron chi connectivity index (χ1n) is 5.80. The largest absolute Gasteiger partial charge is 0.351 e. The number of halogens is 1. The molecule has 1 saturated heterocycles. The van der Waals surface area contributed by atoms with E-state index in [1.807, 2.05) is 16.3 Å². The highest BCUT2D eigenvalue weighted by Crippen LogP contribution is 2.22. The number of piperazine rings is 1. The number of thiophene rings is 1. The SMILES string of the molecule is O=C(c1cc(Br)cs1)N1CCN(c2cnsn2)CC1. The van der Waals surface area contributed by atoms with Gasteiger partial charge in [0.1, 0.15) is 0 Å². The number of carbonyl (C=O) groups is 1. The van der Waals surface area contributed by atoms with Gasteiger partial charge in [0.25, 0.3) is 5.91 Å². The standard InChI is InChI=1S/C11H11BrN4OS2/c12-8-5-9(18-7-8)11(17)16-3-1-15(2-4-16)10-6-13-19-14-10/h5-7H,1-4H2. The quantitative estimate of drug-likeness (QED) is 0.826. The second-order valence-corrected chi connectivity index (χ2v) is 6.56. The minimum atomic E-state index is 0.117. The molecule has 0 atom stereocenters. The summed E-state index contributed by atoms with van der Waals surface area (Å²) in [6.45, 7) is 3.07. The van der Waals surface area contributed by atoms with Crippen LogP contribution in [0.1, 0.15) is 9.67 Å². The Morgan fingerprint density at radius 1 is 1.32 bits per heavy atom. The summed E-state index contributed by atoms with van der Waals surface area (Å²) in [5.41, 5.74) is 0. The van der Waals surface area contributed by atoms with Gasteiger partial charge in [-0.1, -0.05) is 0 Å². The lowest BCUT2D eigenvalue weighted by atomic mass is 10.3. The summed E-state index contributed by atoms with van der Waals surface area (Å²) in [6, 6.07) is 1.88. The molecule has 0 aromatic carbocycles. The van der Waals surface area contributed by atoms with Crippen molar-refractivity contribution in [1.82, 2.24) is 13.6 Å². The van der Waals surface area contributed by atoms with E-state index in [0.717, 1.165) is 41.3 Å². The molecule has 5 nitrogen and oxygen atoms in total. The molecule has 0 spiro atoms. The van der Waals surface area contributed by atoms with Crippen LogP contribution < -0.4 is 4.90 Å². The van der Waals surface area contributed by atoms with Gasteiger partial charge in [-0.15, -0.1) is 11.3 Å². The summed E-state index contributed by atoms with van der Waals surface area (Å²) in [4.78, 5) is 17.1. The second kappa shape index (κ2) is 5.56. The van der Waals surface area contributed by atoms with Crippen LogP contribution in [0, 0.1) is 0 Å². The molecule has 100 valence electrons. The van der Waals surface area contributed by atoms with Crippen LogP contribution in [0.3, 0.4) is 0 Å². The highest BCUT2D eigenvalue weighted by atomic mass is 79.9. The summed E-state index contributed by atoms with van der Waals surface area (Å²) in [5, 5.41) is 1.93. The molecule has 0 aliphatic carbocycles. The van der Waals surface area contributed by atoms with Crippen LogP contribution in [0.4, 0.5) is 5.82 Å². The summed E-state index contributed by atoms with van der Waals surface area (Å²) in [5.74, 6) is 1.03. The Morgan fingerprint density at radius 3 is 2.68 bits per heavy atom. The Balaban J connectivity index is 1.62. The van der Waals surface area contributed by atoms with Crippen LogP contribution in [-0.2, 0) is 0 Å². The maximum Gasteiger partial charge on any atom is 0.264 e. The van der Waals surface area contributed by atoms with Crippen molar-refractivity contribution in [2.75, 3.05) is 31.1 Å². The smallest absolute Gasteiger partial charge is 0.264 e. The van der Waals surface area contributed by atoms with Gasteiger partial charge in [0.2, 0.25) is 0 Å². The molecule has 0 bridgehead atoms. The third-order valence-corrected chi connectivity index (χ3v) is 5.17. The van der Waals surface area contributed by atoms with E-state index < -0.39 is 0 Å². The molecule has 0 radical (unpaired) electrons. The van der Waals surface area contributed by atoms with E-state index in [0.29, 0.717) is 0 Å². The maximum absolute atomic E-state index is 12.3. The minimum Gasteiger partial charge on any atom is -0.351 e. The summed E-state index contributed by atoms with van der Waals surface area (Å²) >= 11 is 6.07. The van der Waals surface area contributed by atoms with E-state index >= 15 is 0 Å². The molecule has 8 heteroatoms. The predicted molar refractivity (Wildman–Crippen MR) is 80.0 cm³/mol. The molecular formula is C11H11BrN4OS2. The Labute approximate surface area is 127 Å². The van der Waals surface area contributed by atoms with Crippen molar-refractivity contribution >= 4 is 50.7 Å². The number of nitrogens with zero attached hydrogens (tertiary/aromatic N) is 4. The second-order valence-electron chi connectivity index (χ2n) is 4.17. The molecule has 3 heterocycles. The third-order valence-electron chi connectivity index (χ3n) is 3.02. The number of rotatable bonds is 2. The molecule has 0 N–H and O–H groups in total. The maximum atomic E-state index is 12.3. The van der Waals surface area contributed by atoms with Gasteiger partial charge in [-0.05, 0) is 22.0 Å². The van der Waals surface area contributed by atoms with Crippen LogP contribution in [0.15, 0.2) is 22.1 Å². The predicted octanol–water partition coefficient (Wildman–Crippen LogP) is 2.32. The Hall–Kier alpha value is -0.990. The molecule has 0 unspecified atom stereocenters. The average molecular weight is 359 g/mol. The van der Waals surface area contributed by atoms with Gasteiger partial charge in [-0.2, -0.15) is 8.75 Å². The fraction of sp³-hybridized carbons (Fsp3) is 0.364. The van der Waals surface area contributed by atoms with Gasteiger partial charge in [0.05, 0.1) is 22.8 Å². The summed E-state index contributed by atoms with van der Waals surface area (Å²) < 4.78 is 9.19. The van der Waals surface area contributed by atoms with Crippen LogP contribution >= 0.6 is 39.0 Å². The first kappa shape index (κ1) is 13.0. The first-order chi connectivity index (χ1) is 9.24. The van der Waals surface area contributed by atoms with Crippen molar-refractivity contribution in [3.05, 3.63) is 27.0 Å². The van der Waals surface area contributed by atoms with E-state index in [2.05, 4.69) is 29.6 Å². The minimum absolute atomic E-state index is 0.117. The van der Waals surface area contributed by atoms with E-state index in [9.17, 15) is 4.79 Å². The molecule has 19 heavy (non-hydrogen) atoms. The zero-order chi connectivity index (χ0) is 13.2. The molecular weight excluding hydrogens is 348 g/mol. The van der Waals surface area contributed by atoms with E-state index in [4.69, 9.17) is 0 Å². The van der Waals surface area contributed by atoms with Crippen molar-refractivity contribution in [2.24, 2.45) is 0 Å². The summed E-state index contributed by atoms with van der Waals surface area (Å²) in [7, 11) is 0. The molecule has 2 aromatic rings. The van der Waals surface area contributed by atoms with E-state index in [1.165, 1.54) is 23.1 Å². The lowest BCUT2D eigenvalue weighted by Gasteiger charge is -2.34. The number of amides is 1. The Bertz CT molecular complexity index is 563. The highest BCUT2D eigenvalue weighted by molar-refractivity contribution is 9.10. The summed E-state index contributed by atoms with van der Waals surface area (Å²) in [6.07, 6.45) is 1.78. The van der Waals surface area contributed by atoms with Crippen molar-refractivity contribution in [3.8, 4) is 0 Å². The Morgan fingerprint density at radius 2 is 2.11 bits per heavy atom. The number of hydrogen-bond acceptors (Lipinski definition) is 6. The molecule has 0 saturated carbocycles. The average Bonchev–Trinajstić information content (AvgIpc) is 3.09. The fourth-order valence-corrected chi connectivity index (χ4v) is 3.85. The number of carbonyl (C=O) groups excluding carboxylic acids is 1. The molecule has 3 rings (SSSR count). The molecule has 1 aliphatic rings. The van der Waals surface area contributed by atoms with Crippen LogP contribution in [-0.4, -0.2) is 45.7 Å². The lowest BCUT2D eigenvalue weighted by Crippen LogP contribution is -2.48. The number of aromatic nitrogens is 2. The topological polar surface area (TPSA) is 49.3 Å². The lowest BCUT2D eigenvalue weighted by molar-refractivity contribution is 0.0751. The van der Waals surface area contributed by atoms with Crippen molar-refractivity contribution < 1.29 is 4.79 Å². The normalized spacial score (nSPS) is 15.8. The van der Waals surface area contributed by atoms with Gasteiger partial charge in [-0.3, -0.25) is 4.79 Å². The third kappa shape index (κ3) is 2.80. The Kier molecular flexibility index (Phi) is 3.81. The van der Waals surface area contributed by atoms with Gasteiger partial charge in [0.15, 0.2) is 5.82 Å².